The Hall–Kier alpha value is -1.86. The number of hydrogen-bond acceptors (Lipinski definition) is 7. The maximum Gasteiger partial charge on any atom is 0.329 e. The third-order valence-corrected chi connectivity index (χ3v) is 9.09. The summed E-state index contributed by atoms with van der Waals surface area (Å²) >= 11 is 24.4. The van der Waals surface area contributed by atoms with Crippen LogP contribution in [0.25, 0.3) is 5.57 Å². The second-order valence-electron chi connectivity index (χ2n) is 7.19. The first-order valence-corrected chi connectivity index (χ1v) is 13.5. The van der Waals surface area contributed by atoms with E-state index in [1.165, 1.54) is 0 Å². The highest BCUT2D eigenvalue weighted by Gasteiger charge is 2.28. The predicted octanol–water partition coefficient (Wildman–Crippen LogP) is 5.84. The molecule has 186 valence electrons. The normalized spacial score (nSPS) is 15.0. The molecule has 0 aliphatic carbocycles. The first-order valence-electron chi connectivity index (χ1n) is 9.67. The van der Waals surface area contributed by atoms with E-state index in [-0.39, 0.29) is 38.8 Å². The predicted molar refractivity (Wildman–Crippen MR) is 132 cm³/mol. The molecule has 3 heterocycles. The topological polar surface area (TPSA) is 111 Å². The molecule has 0 unspecified atom stereocenters. The number of urea groups is 1. The zero-order valence-corrected chi connectivity index (χ0v) is 22.0. The Bertz CT molecular complexity index is 1420. The van der Waals surface area contributed by atoms with Crippen LogP contribution < -0.4 is 10.0 Å². The van der Waals surface area contributed by atoms with E-state index in [4.69, 9.17) is 55.7 Å². The van der Waals surface area contributed by atoms with Gasteiger partial charge in [-0.15, -0.1) is 11.3 Å². The van der Waals surface area contributed by atoms with Crippen LogP contribution in [-0.4, -0.2) is 32.8 Å². The van der Waals surface area contributed by atoms with E-state index in [2.05, 4.69) is 10.5 Å². The van der Waals surface area contributed by atoms with Crippen LogP contribution in [0.1, 0.15) is 22.6 Å². The Morgan fingerprint density at radius 1 is 1.14 bits per heavy atom. The fourth-order valence-electron chi connectivity index (χ4n) is 3.23. The lowest BCUT2D eigenvalue weighted by Gasteiger charge is -2.17. The Morgan fingerprint density at radius 2 is 1.91 bits per heavy atom. The molecule has 2 N–H and O–H groups in total. The molecule has 8 nitrogen and oxygen atoms in total. The number of nitrogens with zero attached hydrogens (tertiary/aromatic N) is 1. The molecular formula is C20H14Cl4FN3O5S2. The van der Waals surface area contributed by atoms with Crippen LogP contribution in [0.4, 0.5) is 9.18 Å². The lowest BCUT2D eigenvalue weighted by atomic mass is 9.97. The number of carbonyl (C=O) groups excluding carboxylic acids is 1. The van der Waals surface area contributed by atoms with Crippen LogP contribution in [0.2, 0.25) is 19.4 Å². The van der Waals surface area contributed by atoms with Gasteiger partial charge in [0.1, 0.15) is 21.0 Å². The van der Waals surface area contributed by atoms with Crippen LogP contribution in [0.3, 0.4) is 0 Å². The van der Waals surface area contributed by atoms with Crippen molar-refractivity contribution >= 4 is 79.4 Å². The van der Waals surface area contributed by atoms with Crippen LogP contribution in [0.15, 0.2) is 38.8 Å². The maximum absolute atomic E-state index is 15.1. The number of sulfonamides is 1. The van der Waals surface area contributed by atoms with Crippen LogP contribution in [0, 0.1) is 0 Å². The van der Waals surface area contributed by atoms with E-state index in [9.17, 15) is 13.2 Å². The monoisotopic (exact) mass is 599 g/mol. The van der Waals surface area contributed by atoms with Crippen molar-refractivity contribution in [3.8, 4) is 0 Å². The number of ether oxygens (including phenoxy) is 1. The zero-order valence-electron chi connectivity index (χ0n) is 17.3. The number of hydrogen-bond donors (Lipinski definition) is 2. The Kier molecular flexibility index (Phi) is 7.96. The molecule has 0 radical (unpaired) electrons. The highest BCUT2D eigenvalue weighted by Crippen LogP contribution is 2.35. The lowest BCUT2D eigenvalue weighted by Crippen LogP contribution is -2.39. The average Bonchev–Trinajstić information content (AvgIpc) is 3.37. The Morgan fingerprint density at radius 3 is 2.60 bits per heavy atom. The fourth-order valence-corrected chi connectivity index (χ4v) is 6.52. The molecule has 0 spiro atoms. The number of amides is 2. The van der Waals surface area contributed by atoms with Gasteiger partial charge in [0.15, 0.2) is 5.76 Å². The van der Waals surface area contributed by atoms with Crippen molar-refractivity contribution in [3.63, 3.8) is 0 Å². The summed E-state index contributed by atoms with van der Waals surface area (Å²) in [7, 11) is -4.24. The van der Waals surface area contributed by atoms with Crippen molar-refractivity contribution < 1.29 is 26.9 Å². The molecule has 2 amide bonds. The van der Waals surface area contributed by atoms with Gasteiger partial charge in [-0.3, -0.25) is 0 Å². The van der Waals surface area contributed by atoms with E-state index in [1.54, 1.807) is 22.9 Å². The van der Waals surface area contributed by atoms with Gasteiger partial charge in [-0.1, -0.05) is 57.6 Å². The smallest absolute Gasteiger partial charge is 0.329 e. The third kappa shape index (κ3) is 5.93. The van der Waals surface area contributed by atoms with E-state index in [1.807, 2.05) is 0 Å². The number of thiophene rings is 1. The van der Waals surface area contributed by atoms with Crippen molar-refractivity contribution in [2.75, 3.05) is 13.2 Å². The number of benzene rings is 1. The quantitative estimate of drug-likeness (QED) is 0.368. The van der Waals surface area contributed by atoms with Gasteiger partial charge in [0.05, 0.1) is 29.4 Å². The number of fused-ring (bicyclic) bond motifs is 1. The number of carbonyl (C=O) groups is 1. The van der Waals surface area contributed by atoms with Crippen molar-refractivity contribution in [1.29, 1.82) is 0 Å². The van der Waals surface area contributed by atoms with E-state index in [0.717, 1.165) is 6.07 Å². The molecular weight excluding hydrogens is 587 g/mol. The van der Waals surface area contributed by atoms with Gasteiger partial charge in [0.25, 0.3) is 10.0 Å². The van der Waals surface area contributed by atoms with E-state index in [0.29, 0.717) is 44.0 Å². The van der Waals surface area contributed by atoms with Crippen molar-refractivity contribution in [3.05, 3.63) is 72.1 Å². The van der Waals surface area contributed by atoms with Crippen molar-refractivity contribution in [2.24, 2.45) is 0 Å². The molecule has 15 heteroatoms. The van der Waals surface area contributed by atoms with Gasteiger partial charge >= 0.3 is 6.03 Å². The number of rotatable bonds is 6. The second kappa shape index (κ2) is 10.6. The Labute approximate surface area is 223 Å². The summed E-state index contributed by atoms with van der Waals surface area (Å²) in [6.45, 7) is -0.626. The SMILES string of the molecule is O=C(NCC(F)=C1COCc2onc(Cc3ccc(Cl)cc3Cl)c21)NS(=O)(=O)c1cc(Cl)c(Cl)s1. The van der Waals surface area contributed by atoms with Crippen LogP contribution in [-0.2, 0) is 27.8 Å². The fraction of sp³-hybridized carbons (Fsp3) is 0.200. The van der Waals surface area contributed by atoms with Gasteiger partial charge in [-0.25, -0.2) is 22.3 Å². The van der Waals surface area contributed by atoms with Crippen LogP contribution in [0.5, 0.6) is 0 Å². The third-order valence-electron chi connectivity index (χ3n) is 4.83. The molecule has 3 aromatic rings. The summed E-state index contributed by atoms with van der Waals surface area (Å²) in [6, 6.07) is 4.95. The molecule has 35 heavy (non-hydrogen) atoms. The van der Waals surface area contributed by atoms with Gasteiger partial charge < -0.3 is 14.6 Å². The summed E-state index contributed by atoms with van der Waals surface area (Å²) in [4.78, 5) is 12.1. The number of nitrogens with one attached hydrogen (secondary N) is 2. The minimum Gasteiger partial charge on any atom is -0.369 e. The second-order valence-corrected chi connectivity index (χ2v) is 12.0. The first-order chi connectivity index (χ1) is 16.5. The minimum atomic E-state index is -4.24. The number of aromatic nitrogens is 1. The summed E-state index contributed by atoms with van der Waals surface area (Å²) in [5, 5.41) is 7.12. The summed E-state index contributed by atoms with van der Waals surface area (Å²) in [5.41, 5.74) is 1.66. The van der Waals surface area contributed by atoms with Gasteiger partial charge in [0.2, 0.25) is 0 Å². The Balaban J connectivity index is 1.50. The van der Waals surface area contributed by atoms with Crippen molar-refractivity contribution in [2.45, 2.75) is 17.2 Å². The first kappa shape index (κ1) is 26.2. The molecule has 0 fully saturated rings. The molecule has 0 saturated carbocycles. The lowest BCUT2D eigenvalue weighted by molar-refractivity contribution is 0.120. The van der Waals surface area contributed by atoms with Gasteiger partial charge in [-0.2, -0.15) is 0 Å². The molecule has 1 aromatic carbocycles. The molecule has 0 saturated heterocycles. The summed E-state index contributed by atoms with van der Waals surface area (Å²) in [6.07, 6.45) is 0.240. The minimum absolute atomic E-state index is 0.0331. The van der Waals surface area contributed by atoms with Crippen LogP contribution >= 0.6 is 57.7 Å². The standard InChI is InChI=1S/C20H14Cl4FN3O5S2/c21-10-2-1-9(12(22)4-10)3-15-18-11(7-32-8-16(18)33-27-15)14(25)6-26-20(29)28-35(30,31)17-5-13(23)19(24)34-17/h1-2,4-5H,3,6-8H2,(H2,26,28,29). The van der Waals surface area contributed by atoms with E-state index < -0.39 is 28.4 Å². The highest BCUT2D eigenvalue weighted by atomic mass is 35.5. The van der Waals surface area contributed by atoms with Crippen molar-refractivity contribution in [1.82, 2.24) is 15.2 Å². The molecule has 2 aromatic heterocycles. The summed E-state index contributed by atoms with van der Waals surface area (Å²) in [5.74, 6) is -0.438. The number of halogens is 5. The average molecular weight is 601 g/mol. The molecule has 4 rings (SSSR count). The molecule has 1 aliphatic heterocycles. The largest absolute Gasteiger partial charge is 0.369 e. The zero-order chi connectivity index (χ0) is 25.3. The van der Waals surface area contributed by atoms with Gasteiger partial charge in [-0.05, 0) is 23.8 Å². The molecule has 0 atom stereocenters. The molecule has 0 bridgehead atoms. The summed E-state index contributed by atoms with van der Waals surface area (Å²) < 4.78 is 52.0. The van der Waals surface area contributed by atoms with E-state index >= 15 is 4.39 Å². The maximum atomic E-state index is 15.1. The molecule has 1 aliphatic rings. The highest BCUT2D eigenvalue weighted by molar-refractivity contribution is 7.92. The van der Waals surface area contributed by atoms with Gasteiger partial charge in [0, 0.05) is 22.0 Å².